The second-order valence-electron chi connectivity index (χ2n) is 1.52. The largest absolute Gasteiger partial charge is 0.390 e. The van der Waals surface area contributed by atoms with E-state index in [0.717, 1.165) is 5.70 Å². The third-order valence-corrected chi connectivity index (χ3v) is 0.949. The lowest BCUT2D eigenvalue weighted by atomic mass is 10.4. The summed E-state index contributed by atoms with van der Waals surface area (Å²) in [4.78, 5) is 3.85. The molecule has 8 heavy (non-hydrogen) atoms. The van der Waals surface area contributed by atoms with Crippen LogP contribution in [0.25, 0.3) is 0 Å². The summed E-state index contributed by atoms with van der Waals surface area (Å²) in [5, 5.41) is 11.4. The van der Waals surface area contributed by atoms with Crippen molar-refractivity contribution in [3.63, 3.8) is 0 Å². The number of aliphatic hydroxyl groups is 1. The first-order valence-corrected chi connectivity index (χ1v) is 2.47. The van der Waals surface area contributed by atoms with Gasteiger partial charge in [0.15, 0.2) is 0 Å². The molecule has 0 aromatic carbocycles. The molecule has 0 aromatic heterocycles. The number of rotatable bonds is 1. The first-order chi connectivity index (χ1) is 3.93. The van der Waals surface area contributed by atoms with Crippen LogP contribution in [0.3, 0.4) is 0 Å². The van der Waals surface area contributed by atoms with Gasteiger partial charge < -0.3 is 10.4 Å². The van der Waals surface area contributed by atoms with Crippen LogP contribution >= 0.6 is 0 Å². The molecule has 0 bridgehead atoms. The summed E-state index contributed by atoms with van der Waals surface area (Å²) in [6.45, 7) is 0.665. The van der Waals surface area contributed by atoms with Gasteiger partial charge in [-0.15, -0.1) is 0 Å². The molecule has 0 aliphatic carbocycles. The first kappa shape index (κ1) is 5.31. The number of aliphatic hydroxyl groups excluding tert-OH is 1. The van der Waals surface area contributed by atoms with E-state index in [-0.39, 0.29) is 6.61 Å². The van der Waals surface area contributed by atoms with Crippen molar-refractivity contribution in [2.45, 2.75) is 0 Å². The molecule has 3 heteroatoms. The van der Waals surface area contributed by atoms with Crippen molar-refractivity contribution in [2.24, 2.45) is 4.99 Å². The summed E-state index contributed by atoms with van der Waals surface area (Å²) < 4.78 is 0. The molecule has 2 N–H and O–H groups in total. The van der Waals surface area contributed by atoms with Crippen LogP contribution in [0.5, 0.6) is 0 Å². The van der Waals surface area contributed by atoms with E-state index in [4.69, 9.17) is 5.11 Å². The van der Waals surface area contributed by atoms with Crippen molar-refractivity contribution in [1.82, 2.24) is 5.32 Å². The smallest absolute Gasteiger partial charge is 0.107 e. The highest BCUT2D eigenvalue weighted by atomic mass is 16.3. The Hall–Kier alpha value is -0.830. The van der Waals surface area contributed by atoms with Gasteiger partial charge >= 0.3 is 0 Å². The van der Waals surface area contributed by atoms with Gasteiger partial charge in [-0.2, -0.15) is 0 Å². The molecule has 0 unspecified atom stereocenters. The molecule has 3 nitrogen and oxygen atoms in total. The van der Waals surface area contributed by atoms with Crippen molar-refractivity contribution < 1.29 is 5.11 Å². The Labute approximate surface area is 47.7 Å². The van der Waals surface area contributed by atoms with Crippen LogP contribution in [-0.4, -0.2) is 24.6 Å². The molecule has 0 saturated carbocycles. The van der Waals surface area contributed by atoms with Gasteiger partial charge in [-0.1, -0.05) is 0 Å². The molecule has 44 valence electrons. The second-order valence-corrected chi connectivity index (χ2v) is 1.52. The van der Waals surface area contributed by atoms with Crippen molar-refractivity contribution in [1.29, 1.82) is 0 Å². The molecule has 0 saturated heterocycles. The normalized spacial score (nSPS) is 17.4. The quantitative estimate of drug-likeness (QED) is 0.480. The van der Waals surface area contributed by atoms with E-state index in [1.54, 1.807) is 12.3 Å². The molecular weight excluding hydrogens is 104 g/mol. The summed E-state index contributed by atoms with van der Waals surface area (Å²) in [6.07, 6.45) is 3.44. The lowest BCUT2D eigenvalue weighted by Gasteiger charge is -2.06. The molecule has 0 spiro atoms. The molecule has 0 amide bonds. The molecule has 0 radical (unpaired) electrons. The fraction of sp³-hybridized carbons (Fsp3) is 0.400. The molecule has 0 atom stereocenters. The molecule has 0 aromatic rings. The van der Waals surface area contributed by atoms with E-state index in [1.807, 2.05) is 0 Å². The van der Waals surface area contributed by atoms with Gasteiger partial charge in [0.05, 0.1) is 6.61 Å². The maximum absolute atomic E-state index is 8.50. The van der Waals surface area contributed by atoms with E-state index in [2.05, 4.69) is 10.3 Å². The van der Waals surface area contributed by atoms with Crippen molar-refractivity contribution in [2.75, 3.05) is 13.3 Å². The van der Waals surface area contributed by atoms with Crippen molar-refractivity contribution >= 4 is 6.21 Å². The predicted octanol–water partition coefficient (Wildman–Crippen LogP) is -0.506. The summed E-state index contributed by atoms with van der Waals surface area (Å²) in [5.74, 6) is 0. The van der Waals surface area contributed by atoms with Crippen LogP contribution < -0.4 is 5.32 Å². The summed E-state index contributed by atoms with van der Waals surface area (Å²) in [5.41, 5.74) is 0.833. The van der Waals surface area contributed by atoms with E-state index in [9.17, 15) is 0 Å². The Morgan fingerprint density at radius 2 is 2.75 bits per heavy atom. The minimum absolute atomic E-state index is 0.0754. The van der Waals surface area contributed by atoms with Gasteiger partial charge in [0.1, 0.15) is 6.67 Å². The van der Waals surface area contributed by atoms with Crippen LogP contribution in [0.1, 0.15) is 0 Å². The zero-order chi connectivity index (χ0) is 5.82. The fourth-order valence-electron chi connectivity index (χ4n) is 0.510. The highest BCUT2D eigenvalue weighted by Crippen LogP contribution is 1.88. The lowest BCUT2D eigenvalue weighted by molar-refractivity contribution is 0.321. The molecule has 1 aliphatic rings. The summed E-state index contributed by atoms with van der Waals surface area (Å²) in [6, 6.07) is 0. The Morgan fingerprint density at radius 1 is 1.88 bits per heavy atom. The average molecular weight is 112 g/mol. The maximum Gasteiger partial charge on any atom is 0.107 e. The number of hydrogen-bond donors (Lipinski definition) is 2. The first-order valence-electron chi connectivity index (χ1n) is 2.47. The van der Waals surface area contributed by atoms with Gasteiger partial charge in [0, 0.05) is 11.9 Å². The summed E-state index contributed by atoms with van der Waals surface area (Å²) in [7, 11) is 0. The zero-order valence-electron chi connectivity index (χ0n) is 4.46. The average Bonchev–Trinajstić information content (AvgIpc) is 1.90. The van der Waals surface area contributed by atoms with Crippen molar-refractivity contribution in [3.8, 4) is 0 Å². The SMILES string of the molecule is OCC1=CC=NCN1. The Bertz CT molecular complexity index is 128. The minimum atomic E-state index is 0.0754. The monoisotopic (exact) mass is 112 g/mol. The number of nitrogens with zero attached hydrogens (tertiary/aromatic N) is 1. The maximum atomic E-state index is 8.50. The Morgan fingerprint density at radius 3 is 3.12 bits per heavy atom. The second kappa shape index (κ2) is 2.47. The third-order valence-electron chi connectivity index (χ3n) is 0.949. The fourth-order valence-corrected chi connectivity index (χ4v) is 0.510. The van der Waals surface area contributed by atoms with E-state index in [1.165, 1.54) is 0 Å². The van der Waals surface area contributed by atoms with Crippen LogP contribution in [0.4, 0.5) is 0 Å². The molecular formula is C5H8N2O. The zero-order valence-corrected chi connectivity index (χ0v) is 4.46. The van der Waals surface area contributed by atoms with E-state index >= 15 is 0 Å². The van der Waals surface area contributed by atoms with Crippen LogP contribution in [-0.2, 0) is 0 Å². The van der Waals surface area contributed by atoms with E-state index in [0.29, 0.717) is 6.67 Å². The third kappa shape index (κ3) is 1.07. The molecule has 1 aliphatic heterocycles. The van der Waals surface area contributed by atoms with Gasteiger partial charge in [-0.3, -0.25) is 4.99 Å². The highest BCUT2D eigenvalue weighted by Gasteiger charge is 1.92. The van der Waals surface area contributed by atoms with Crippen LogP contribution in [0, 0.1) is 0 Å². The topological polar surface area (TPSA) is 44.6 Å². The number of hydrogen-bond acceptors (Lipinski definition) is 3. The van der Waals surface area contributed by atoms with Gasteiger partial charge in [-0.05, 0) is 6.08 Å². The Kier molecular flexibility index (Phi) is 1.64. The standard InChI is InChI=1S/C5H8N2O/c8-3-5-1-2-6-4-7-5/h1-2,7-8H,3-4H2. The number of nitrogens with one attached hydrogen (secondary N) is 1. The van der Waals surface area contributed by atoms with Gasteiger partial charge in [-0.25, -0.2) is 0 Å². The van der Waals surface area contributed by atoms with Crippen LogP contribution in [0.15, 0.2) is 16.8 Å². The lowest BCUT2D eigenvalue weighted by Crippen LogP contribution is -2.18. The number of aliphatic imine (C=N–C) groups is 1. The summed E-state index contributed by atoms with van der Waals surface area (Å²) >= 11 is 0. The van der Waals surface area contributed by atoms with Gasteiger partial charge in [0.2, 0.25) is 0 Å². The molecule has 1 rings (SSSR count). The van der Waals surface area contributed by atoms with Crippen LogP contribution in [0.2, 0.25) is 0 Å². The number of allylic oxidation sites excluding steroid dienone is 1. The van der Waals surface area contributed by atoms with Gasteiger partial charge in [0.25, 0.3) is 0 Å². The minimum Gasteiger partial charge on any atom is -0.390 e. The Balaban J connectivity index is 2.50. The highest BCUT2D eigenvalue weighted by molar-refractivity contribution is 5.72. The van der Waals surface area contributed by atoms with Crippen molar-refractivity contribution in [3.05, 3.63) is 11.8 Å². The molecule has 1 heterocycles. The van der Waals surface area contributed by atoms with E-state index < -0.39 is 0 Å². The molecule has 0 fully saturated rings. The predicted molar refractivity (Wildman–Crippen MR) is 31.7 cm³/mol.